The van der Waals surface area contributed by atoms with Gasteiger partial charge in [0, 0.05) is 13.1 Å². The molecule has 1 amide bonds. The molecular weight excluding hydrogens is 358 g/mol. The minimum atomic E-state index is -3.11. The van der Waals surface area contributed by atoms with Gasteiger partial charge in [0.2, 0.25) is 0 Å². The lowest BCUT2D eigenvalue weighted by atomic mass is 10.1. The average Bonchev–Trinajstić information content (AvgIpc) is 2.97. The average molecular weight is 377 g/mol. The molecule has 1 aliphatic rings. The van der Waals surface area contributed by atoms with E-state index in [0.717, 1.165) is 10.8 Å². The van der Waals surface area contributed by atoms with Crippen LogP contribution >= 0.6 is 0 Å². The number of benzene rings is 2. The number of phenolic OH excluding ortho intramolecular Hbond substituents is 1. The third-order valence-corrected chi connectivity index (χ3v) is 6.31. The Balaban J connectivity index is 1.65. The number of nitrogens with zero attached hydrogens (tertiary/aromatic N) is 1. The fraction of sp³-hybridized carbons (Fsp3) is 0.333. The molecule has 0 radical (unpaired) electrons. The first kappa shape index (κ1) is 18.2. The number of hydrogen-bond acceptors (Lipinski definition) is 6. The topological polar surface area (TPSA) is 101 Å². The molecule has 1 fully saturated rings. The zero-order chi connectivity index (χ0) is 18.9. The van der Waals surface area contributed by atoms with Gasteiger partial charge in [-0.3, -0.25) is 4.79 Å². The molecule has 26 heavy (non-hydrogen) atoms. The van der Waals surface area contributed by atoms with E-state index in [2.05, 4.69) is 0 Å². The molecule has 2 aromatic carbocycles. The van der Waals surface area contributed by atoms with Gasteiger partial charge < -0.3 is 14.7 Å². The highest BCUT2D eigenvalue weighted by Crippen LogP contribution is 2.25. The van der Waals surface area contributed by atoms with Crippen molar-refractivity contribution in [1.29, 1.82) is 0 Å². The third kappa shape index (κ3) is 3.80. The van der Waals surface area contributed by atoms with E-state index in [0.29, 0.717) is 6.42 Å². The second-order valence-corrected chi connectivity index (χ2v) is 8.58. The highest BCUT2D eigenvalue weighted by atomic mass is 32.2. The summed E-state index contributed by atoms with van der Waals surface area (Å²) in [5.74, 6) is -1.54. The second kappa shape index (κ2) is 6.95. The molecule has 1 aliphatic heterocycles. The van der Waals surface area contributed by atoms with Crippen LogP contribution in [0, 0.1) is 0 Å². The minimum Gasteiger partial charge on any atom is -0.507 e. The van der Waals surface area contributed by atoms with Crippen LogP contribution in [-0.4, -0.2) is 61.5 Å². The number of ether oxygens (including phenoxy) is 1. The largest absolute Gasteiger partial charge is 0.507 e. The number of esters is 1. The number of carbonyl (C=O) groups is 2. The van der Waals surface area contributed by atoms with E-state index in [1.165, 1.54) is 24.1 Å². The third-order valence-electron chi connectivity index (χ3n) is 4.56. The maximum Gasteiger partial charge on any atom is 0.342 e. The van der Waals surface area contributed by atoms with Gasteiger partial charge in [-0.15, -0.1) is 0 Å². The summed E-state index contributed by atoms with van der Waals surface area (Å²) in [6, 6.07) is 9.79. The predicted molar refractivity (Wildman–Crippen MR) is 95.7 cm³/mol. The monoisotopic (exact) mass is 377 g/mol. The number of rotatable bonds is 4. The van der Waals surface area contributed by atoms with Gasteiger partial charge in [0.1, 0.15) is 11.3 Å². The molecule has 8 heteroatoms. The standard InChI is InChI=1S/C18H19NO6S/c1-19(14-6-7-26(23,24)11-14)17(21)10-25-18(22)15-8-12-4-2-3-5-13(12)9-16(15)20/h2-5,8-9,14,20H,6-7,10-11H2,1H3/t14-/m0/s1. The lowest BCUT2D eigenvalue weighted by Crippen LogP contribution is -2.40. The highest BCUT2D eigenvalue weighted by molar-refractivity contribution is 7.91. The predicted octanol–water partition coefficient (Wildman–Crippen LogP) is 1.35. The van der Waals surface area contributed by atoms with Crippen molar-refractivity contribution in [2.24, 2.45) is 0 Å². The Kier molecular flexibility index (Phi) is 4.86. The van der Waals surface area contributed by atoms with Crippen LogP contribution in [0.2, 0.25) is 0 Å². The van der Waals surface area contributed by atoms with E-state index in [-0.39, 0.29) is 22.8 Å². The first-order valence-corrected chi connectivity index (χ1v) is 9.94. The van der Waals surface area contributed by atoms with E-state index in [1.54, 1.807) is 12.1 Å². The number of phenols is 1. The van der Waals surface area contributed by atoms with Crippen LogP contribution in [0.5, 0.6) is 5.75 Å². The van der Waals surface area contributed by atoms with Crippen molar-refractivity contribution in [2.45, 2.75) is 12.5 Å². The summed E-state index contributed by atoms with van der Waals surface area (Å²) < 4.78 is 28.0. The Morgan fingerprint density at radius 1 is 1.23 bits per heavy atom. The smallest absolute Gasteiger partial charge is 0.342 e. The summed E-state index contributed by atoms with van der Waals surface area (Å²) in [4.78, 5) is 25.7. The molecule has 1 atom stereocenters. The van der Waals surface area contributed by atoms with Gasteiger partial charge in [0.05, 0.1) is 11.5 Å². The van der Waals surface area contributed by atoms with Gasteiger partial charge in [-0.2, -0.15) is 0 Å². The van der Waals surface area contributed by atoms with Gasteiger partial charge in [0.15, 0.2) is 16.4 Å². The van der Waals surface area contributed by atoms with Gasteiger partial charge in [-0.05, 0) is 29.3 Å². The zero-order valence-electron chi connectivity index (χ0n) is 14.2. The fourth-order valence-corrected chi connectivity index (χ4v) is 4.76. The molecule has 0 bridgehead atoms. The summed E-state index contributed by atoms with van der Waals surface area (Å²) in [7, 11) is -1.61. The van der Waals surface area contributed by atoms with Crippen molar-refractivity contribution in [3.05, 3.63) is 42.0 Å². The molecule has 0 spiro atoms. The van der Waals surface area contributed by atoms with E-state index in [1.807, 2.05) is 12.1 Å². The molecule has 0 saturated carbocycles. The summed E-state index contributed by atoms with van der Waals surface area (Å²) in [6.07, 6.45) is 0.379. The maximum absolute atomic E-state index is 12.2. The lowest BCUT2D eigenvalue weighted by molar-refractivity contribution is -0.134. The fourth-order valence-electron chi connectivity index (χ4n) is 2.98. The van der Waals surface area contributed by atoms with Crippen molar-refractivity contribution in [2.75, 3.05) is 25.2 Å². The molecule has 1 N–H and O–H groups in total. The molecule has 2 aromatic rings. The second-order valence-electron chi connectivity index (χ2n) is 6.35. The van der Waals surface area contributed by atoms with E-state index < -0.39 is 34.4 Å². The zero-order valence-corrected chi connectivity index (χ0v) is 15.0. The molecule has 1 saturated heterocycles. The molecular formula is C18H19NO6S. The van der Waals surface area contributed by atoms with Crippen molar-refractivity contribution in [3.63, 3.8) is 0 Å². The summed E-state index contributed by atoms with van der Waals surface area (Å²) in [6.45, 7) is -0.516. The van der Waals surface area contributed by atoms with Crippen molar-refractivity contribution in [3.8, 4) is 5.75 Å². The normalized spacial score (nSPS) is 18.6. The molecule has 7 nitrogen and oxygen atoms in total. The Labute approximate surface area is 151 Å². The summed E-state index contributed by atoms with van der Waals surface area (Å²) in [5, 5.41) is 11.6. The highest BCUT2D eigenvalue weighted by Gasteiger charge is 2.33. The number of likely N-dealkylation sites (N-methyl/N-ethyl adjacent to an activating group) is 1. The van der Waals surface area contributed by atoms with Crippen LogP contribution in [0.25, 0.3) is 10.8 Å². The van der Waals surface area contributed by atoms with Crippen LogP contribution < -0.4 is 0 Å². The quantitative estimate of drug-likeness (QED) is 0.807. The van der Waals surface area contributed by atoms with Crippen molar-refractivity contribution >= 4 is 32.5 Å². The Hall–Kier alpha value is -2.61. The molecule has 1 heterocycles. The number of sulfone groups is 1. The minimum absolute atomic E-state index is 0.0254. The summed E-state index contributed by atoms with van der Waals surface area (Å²) in [5.41, 5.74) is -0.0254. The van der Waals surface area contributed by atoms with Gasteiger partial charge in [0.25, 0.3) is 5.91 Å². The van der Waals surface area contributed by atoms with Crippen LogP contribution in [-0.2, 0) is 19.4 Å². The SMILES string of the molecule is CN(C(=O)COC(=O)c1cc2ccccc2cc1O)[C@H]1CCS(=O)(=O)C1. The molecule has 0 aliphatic carbocycles. The Bertz CT molecular complexity index is 969. The van der Waals surface area contributed by atoms with Crippen molar-refractivity contribution in [1.82, 2.24) is 4.90 Å². The first-order valence-electron chi connectivity index (χ1n) is 8.12. The summed E-state index contributed by atoms with van der Waals surface area (Å²) >= 11 is 0. The van der Waals surface area contributed by atoms with Gasteiger partial charge >= 0.3 is 5.97 Å². The number of amides is 1. The van der Waals surface area contributed by atoms with Crippen LogP contribution in [0.1, 0.15) is 16.8 Å². The Morgan fingerprint density at radius 3 is 2.50 bits per heavy atom. The lowest BCUT2D eigenvalue weighted by Gasteiger charge is -2.23. The molecule has 138 valence electrons. The number of carbonyl (C=O) groups excluding carboxylic acids is 2. The van der Waals surface area contributed by atoms with Gasteiger partial charge in [-0.1, -0.05) is 24.3 Å². The molecule has 0 aromatic heterocycles. The van der Waals surface area contributed by atoms with Crippen LogP contribution in [0.4, 0.5) is 0 Å². The first-order chi connectivity index (χ1) is 12.3. The van der Waals surface area contributed by atoms with Crippen molar-refractivity contribution < 1.29 is 27.9 Å². The number of hydrogen-bond donors (Lipinski definition) is 1. The van der Waals surface area contributed by atoms with Gasteiger partial charge in [-0.25, -0.2) is 13.2 Å². The van der Waals surface area contributed by atoms with E-state index in [9.17, 15) is 23.1 Å². The number of fused-ring (bicyclic) bond motifs is 1. The molecule has 3 rings (SSSR count). The van der Waals surface area contributed by atoms with Crippen LogP contribution in [0.3, 0.4) is 0 Å². The maximum atomic E-state index is 12.2. The van der Waals surface area contributed by atoms with E-state index in [4.69, 9.17) is 4.74 Å². The molecule has 0 unspecified atom stereocenters. The van der Waals surface area contributed by atoms with Crippen LogP contribution in [0.15, 0.2) is 36.4 Å². The Morgan fingerprint density at radius 2 is 1.88 bits per heavy atom. The van der Waals surface area contributed by atoms with E-state index >= 15 is 0 Å². The number of aromatic hydroxyl groups is 1.